The maximum Gasteiger partial charge on any atom is 0.115 e. The van der Waals surface area contributed by atoms with Crippen LogP contribution in [0.3, 0.4) is 0 Å². The summed E-state index contributed by atoms with van der Waals surface area (Å²) in [6, 6.07) is 21.1. The van der Waals surface area contributed by atoms with E-state index in [4.69, 9.17) is 0 Å². The van der Waals surface area contributed by atoms with Gasteiger partial charge in [-0.05, 0) is 58.7 Å². The van der Waals surface area contributed by atoms with Crippen molar-refractivity contribution in [2.24, 2.45) is 0 Å². The van der Waals surface area contributed by atoms with E-state index < -0.39 is 0 Å². The van der Waals surface area contributed by atoms with Crippen molar-refractivity contribution in [1.82, 2.24) is 0 Å². The number of rotatable bonds is 4. The van der Waals surface area contributed by atoms with E-state index in [0.717, 1.165) is 11.1 Å². The molecule has 2 N–H and O–H groups in total. The molecule has 3 aromatic carbocycles. The molecule has 0 aliphatic carbocycles. The van der Waals surface area contributed by atoms with Gasteiger partial charge in [0, 0.05) is 0 Å². The number of benzene rings is 3. The van der Waals surface area contributed by atoms with E-state index in [2.05, 4.69) is 12.1 Å². The lowest BCUT2D eigenvalue weighted by atomic mass is 9.97. The van der Waals surface area contributed by atoms with Crippen molar-refractivity contribution in [1.29, 1.82) is 10.5 Å². The highest BCUT2D eigenvalue weighted by Crippen LogP contribution is 2.22. The highest BCUT2D eigenvalue weighted by atomic mass is 16.3. The number of hydrogen-bond donors (Lipinski definition) is 2. The Balaban J connectivity index is 1.93. The maximum absolute atomic E-state index is 9.50. The SMILES string of the molecule is N#Cc1cc(/C=C/c2ccc(O)cc2)c(C#N)cc1/C=C/c1ccc(O)cc1. The molecule has 0 saturated heterocycles. The minimum Gasteiger partial charge on any atom is -0.508 e. The van der Waals surface area contributed by atoms with Crippen LogP contribution in [-0.2, 0) is 0 Å². The summed E-state index contributed by atoms with van der Waals surface area (Å²) in [5, 5.41) is 37.7. The van der Waals surface area contributed by atoms with Crippen LogP contribution in [0.4, 0.5) is 0 Å². The first-order chi connectivity index (χ1) is 13.6. The van der Waals surface area contributed by atoms with Crippen LogP contribution in [-0.4, -0.2) is 10.2 Å². The lowest BCUT2D eigenvalue weighted by molar-refractivity contribution is 0.474. The third kappa shape index (κ3) is 4.46. The predicted octanol–water partition coefficient (Wildman–Crippen LogP) is 5.18. The van der Waals surface area contributed by atoms with E-state index in [1.54, 1.807) is 72.8 Å². The van der Waals surface area contributed by atoms with Gasteiger partial charge in [-0.1, -0.05) is 48.6 Å². The van der Waals surface area contributed by atoms with E-state index in [9.17, 15) is 20.7 Å². The van der Waals surface area contributed by atoms with Gasteiger partial charge in [0.05, 0.1) is 23.3 Å². The van der Waals surface area contributed by atoms with Crippen molar-refractivity contribution in [3.63, 3.8) is 0 Å². The lowest BCUT2D eigenvalue weighted by Crippen LogP contribution is -1.90. The molecule has 0 fully saturated rings. The Morgan fingerprint density at radius 3 is 1.25 bits per heavy atom. The van der Waals surface area contributed by atoms with Crippen LogP contribution in [0.1, 0.15) is 33.4 Å². The average molecular weight is 364 g/mol. The molecule has 3 rings (SSSR count). The minimum atomic E-state index is 0.186. The molecule has 0 aromatic heterocycles. The first-order valence-corrected chi connectivity index (χ1v) is 8.51. The zero-order valence-electron chi connectivity index (χ0n) is 14.9. The van der Waals surface area contributed by atoms with Gasteiger partial charge in [0.25, 0.3) is 0 Å². The van der Waals surface area contributed by atoms with Crippen LogP contribution < -0.4 is 0 Å². The molecular weight excluding hydrogens is 348 g/mol. The normalized spacial score (nSPS) is 10.8. The molecule has 4 heteroatoms. The van der Waals surface area contributed by atoms with Gasteiger partial charge in [0.2, 0.25) is 0 Å². The number of phenols is 2. The number of nitrogens with zero attached hydrogens (tertiary/aromatic N) is 2. The molecule has 0 aliphatic rings. The second kappa shape index (κ2) is 8.40. The molecule has 0 bridgehead atoms. The van der Waals surface area contributed by atoms with Gasteiger partial charge in [-0.2, -0.15) is 10.5 Å². The molecule has 0 atom stereocenters. The summed E-state index contributed by atoms with van der Waals surface area (Å²) in [6.45, 7) is 0. The van der Waals surface area contributed by atoms with Crippen LogP contribution in [0.2, 0.25) is 0 Å². The summed E-state index contributed by atoms with van der Waals surface area (Å²) in [4.78, 5) is 0. The highest BCUT2D eigenvalue weighted by Gasteiger charge is 2.06. The number of phenolic OH excluding ortho intramolecular Hbond substituents is 2. The Morgan fingerprint density at radius 2 is 0.929 bits per heavy atom. The van der Waals surface area contributed by atoms with Gasteiger partial charge in [0.15, 0.2) is 0 Å². The van der Waals surface area contributed by atoms with Crippen LogP contribution in [0, 0.1) is 22.7 Å². The zero-order chi connectivity index (χ0) is 19.9. The van der Waals surface area contributed by atoms with Gasteiger partial charge in [-0.25, -0.2) is 0 Å². The van der Waals surface area contributed by atoms with Crippen molar-refractivity contribution < 1.29 is 10.2 Å². The molecular formula is C24H16N2O2. The van der Waals surface area contributed by atoms with Crippen LogP contribution in [0.25, 0.3) is 24.3 Å². The van der Waals surface area contributed by atoms with Crippen molar-refractivity contribution in [3.05, 3.63) is 94.0 Å². The standard InChI is InChI=1S/C24H16N2O2/c25-15-21-14-20(8-2-18-5-11-24(28)12-6-18)22(16-26)13-19(21)7-1-17-3-9-23(27)10-4-17/h1-14,27-28H/b7-1+,8-2+. The molecule has 0 heterocycles. The summed E-state index contributed by atoms with van der Waals surface area (Å²) >= 11 is 0. The molecule has 4 nitrogen and oxygen atoms in total. The van der Waals surface area contributed by atoms with Gasteiger partial charge >= 0.3 is 0 Å². The molecule has 134 valence electrons. The van der Waals surface area contributed by atoms with Crippen LogP contribution >= 0.6 is 0 Å². The third-order valence-electron chi connectivity index (χ3n) is 4.16. The van der Waals surface area contributed by atoms with E-state index in [0.29, 0.717) is 22.3 Å². The molecule has 28 heavy (non-hydrogen) atoms. The number of hydrogen-bond acceptors (Lipinski definition) is 4. The Bertz CT molecular complexity index is 1030. The monoisotopic (exact) mass is 364 g/mol. The molecule has 0 spiro atoms. The second-order valence-electron chi connectivity index (χ2n) is 6.10. The van der Waals surface area contributed by atoms with E-state index in [1.807, 2.05) is 12.2 Å². The van der Waals surface area contributed by atoms with Crippen molar-refractivity contribution in [2.75, 3.05) is 0 Å². The first kappa shape index (κ1) is 18.5. The fourth-order valence-electron chi connectivity index (χ4n) is 2.65. The van der Waals surface area contributed by atoms with Crippen LogP contribution in [0.5, 0.6) is 11.5 Å². The smallest absolute Gasteiger partial charge is 0.115 e. The molecule has 0 unspecified atom stereocenters. The van der Waals surface area contributed by atoms with Crippen molar-refractivity contribution in [2.45, 2.75) is 0 Å². The average Bonchev–Trinajstić information content (AvgIpc) is 2.72. The molecule has 3 aromatic rings. The fourth-order valence-corrected chi connectivity index (χ4v) is 2.65. The third-order valence-corrected chi connectivity index (χ3v) is 4.16. The summed E-state index contributed by atoms with van der Waals surface area (Å²) in [6.07, 6.45) is 7.20. The Hall–Kier alpha value is -4.28. The minimum absolute atomic E-state index is 0.186. The molecule has 0 radical (unpaired) electrons. The maximum atomic E-state index is 9.50. The Morgan fingerprint density at radius 1 is 0.571 bits per heavy atom. The van der Waals surface area contributed by atoms with Crippen LogP contribution in [0.15, 0.2) is 60.7 Å². The van der Waals surface area contributed by atoms with Gasteiger partial charge in [-0.3, -0.25) is 0 Å². The lowest BCUT2D eigenvalue weighted by Gasteiger charge is -2.04. The predicted molar refractivity (Wildman–Crippen MR) is 110 cm³/mol. The Kier molecular flexibility index (Phi) is 5.55. The first-order valence-electron chi connectivity index (χ1n) is 8.51. The summed E-state index contributed by atoms with van der Waals surface area (Å²) in [5.41, 5.74) is 3.95. The van der Waals surface area contributed by atoms with Gasteiger partial charge in [0.1, 0.15) is 11.5 Å². The number of nitriles is 2. The quantitative estimate of drug-likeness (QED) is 0.624. The highest BCUT2D eigenvalue weighted by molar-refractivity contribution is 5.78. The van der Waals surface area contributed by atoms with Gasteiger partial charge < -0.3 is 10.2 Å². The van der Waals surface area contributed by atoms with Crippen molar-refractivity contribution >= 4 is 24.3 Å². The summed E-state index contributed by atoms with van der Waals surface area (Å²) in [7, 11) is 0. The fraction of sp³-hybridized carbons (Fsp3) is 0. The summed E-state index contributed by atoms with van der Waals surface area (Å²) < 4.78 is 0. The Labute approximate surface area is 163 Å². The topological polar surface area (TPSA) is 88.0 Å². The van der Waals surface area contributed by atoms with E-state index >= 15 is 0 Å². The van der Waals surface area contributed by atoms with E-state index in [1.165, 1.54) is 0 Å². The molecule has 0 amide bonds. The number of aromatic hydroxyl groups is 2. The van der Waals surface area contributed by atoms with Crippen molar-refractivity contribution in [3.8, 4) is 23.6 Å². The zero-order valence-corrected chi connectivity index (χ0v) is 14.9. The van der Waals surface area contributed by atoms with E-state index in [-0.39, 0.29) is 11.5 Å². The largest absolute Gasteiger partial charge is 0.508 e. The molecule has 0 saturated carbocycles. The summed E-state index contributed by atoms with van der Waals surface area (Å²) in [5.74, 6) is 0.373. The second-order valence-corrected chi connectivity index (χ2v) is 6.10. The molecule has 0 aliphatic heterocycles. The van der Waals surface area contributed by atoms with Gasteiger partial charge in [-0.15, -0.1) is 0 Å².